The van der Waals surface area contributed by atoms with Crippen LogP contribution in [0.25, 0.3) is 0 Å². The molecular weight excluding hydrogens is 206 g/mol. The lowest BCUT2D eigenvalue weighted by atomic mass is 9.97. The van der Waals surface area contributed by atoms with Crippen molar-refractivity contribution in [3.63, 3.8) is 0 Å². The summed E-state index contributed by atoms with van der Waals surface area (Å²) in [6, 6.07) is 11.5. The van der Waals surface area contributed by atoms with Gasteiger partial charge in [0.15, 0.2) is 0 Å². The van der Waals surface area contributed by atoms with Crippen molar-refractivity contribution in [3.05, 3.63) is 35.9 Å². The maximum Gasteiger partial charge on any atom is 0.00694 e. The van der Waals surface area contributed by atoms with E-state index in [1.165, 1.54) is 31.2 Å². The van der Waals surface area contributed by atoms with E-state index < -0.39 is 0 Å². The molecular formula is C16H27N. The maximum atomic E-state index is 3.60. The lowest BCUT2D eigenvalue weighted by Gasteiger charge is -2.19. The van der Waals surface area contributed by atoms with E-state index in [0.717, 1.165) is 12.5 Å². The summed E-state index contributed by atoms with van der Waals surface area (Å²) in [4.78, 5) is 0. The van der Waals surface area contributed by atoms with Gasteiger partial charge in [0.2, 0.25) is 0 Å². The van der Waals surface area contributed by atoms with Gasteiger partial charge in [-0.1, -0.05) is 51.1 Å². The zero-order chi connectivity index (χ0) is 12.5. The zero-order valence-electron chi connectivity index (χ0n) is 11.6. The first-order chi connectivity index (χ1) is 8.22. The Hall–Kier alpha value is -0.820. The highest BCUT2D eigenvalue weighted by Crippen LogP contribution is 2.12. The Bertz CT molecular complexity index is 279. The summed E-state index contributed by atoms with van der Waals surface area (Å²) in [5.74, 6) is 0.788. The van der Waals surface area contributed by atoms with Crippen molar-refractivity contribution in [2.75, 3.05) is 6.54 Å². The van der Waals surface area contributed by atoms with E-state index in [-0.39, 0.29) is 0 Å². The predicted octanol–water partition coefficient (Wildman–Crippen LogP) is 4.03. The standard InChI is InChI=1S/C16H27N/c1-4-17-16(13-14(2)3)12-8-11-15-9-6-5-7-10-15/h5-7,9-10,14,16-17H,4,8,11-13H2,1-3H3. The third-order valence-corrected chi connectivity index (χ3v) is 3.11. The molecule has 0 saturated heterocycles. The minimum absolute atomic E-state index is 0.698. The summed E-state index contributed by atoms with van der Waals surface area (Å²) in [7, 11) is 0. The number of hydrogen-bond acceptors (Lipinski definition) is 1. The van der Waals surface area contributed by atoms with Gasteiger partial charge in [-0.2, -0.15) is 0 Å². The molecule has 0 radical (unpaired) electrons. The van der Waals surface area contributed by atoms with Crippen molar-refractivity contribution in [3.8, 4) is 0 Å². The van der Waals surface area contributed by atoms with Crippen LogP contribution in [0, 0.1) is 5.92 Å². The summed E-state index contributed by atoms with van der Waals surface area (Å²) in [6.07, 6.45) is 5.08. The molecule has 1 unspecified atom stereocenters. The van der Waals surface area contributed by atoms with Gasteiger partial charge in [-0.15, -0.1) is 0 Å². The summed E-state index contributed by atoms with van der Waals surface area (Å²) in [5.41, 5.74) is 1.47. The normalized spacial score (nSPS) is 12.9. The smallest absolute Gasteiger partial charge is 0.00694 e. The van der Waals surface area contributed by atoms with Crippen LogP contribution in [-0.4, -0.2) is 12.6 Å². The molecule has 0 aliphatic rings. The molecule has 1 heteroatoms. The van der Waals surface area contributed by atoms with Gasteiger partial charge in [-0.25, -0.2) is 0 Å². The highest BCUT2D eigenvalue weighted by molar-refractivity contribution is 5.14. The third-order valence-electron chi connectivity index (χ3n) is 3.11. The van der Waals surface area contributed by atoms with E-state index in [1.54, 1.807) is 0 Å². The van der Waals surface area contributed by atoms with Crippen LogP contribution >= 0.6 is 0 Å². The second-order valence-corrected chi connectivity index (χ2v) is 5.26. The van der Waals surface area contributed by atoms with E-state index in [2.05, 4.69) is 56.4 Å². The highest BCUT2D eigenvalue weighted by Gasteiger charge is 2.08. The molecule has 0 amide bonds. The minimum atomic E-state index is 0.698. The summed E-state index contributed by atoms with van der Waals surface area (Å²) >= 11 is 0. The molecule has 0 heterocycles. The largest absolute Gasteiger partial charge is 0.314 e. The Balaban J connectivity index is 2.26. The molecule has 1 N–H and O–H groups in total. The molecule has 0 aliphatic carbocycles. The molecule has 1 rings (SSSR count). The fourth-order valence-corrected chi connectivity index (χ4v) is 2.36. The van der Waals surface area contributed by atoms with Crippen LogP contribution in [0.3, 0.4) is 0 Å². The molecule has 96 valence electrons. The zero-order valence-corrected chi connectivity index (χ0v) is 11.6. The first kappa shape index (κ1) is 14.2. The Kier molecular flexibility index (Phi) is 6.95. The third kappa shape index (κ3) is 6.48. The van der Waals surface area contributed by atoms with Crippen LogP contribution in [0.15, 0.2) is 30.3 Å². The fourth-order valence-electron chi connectivity index (χ4n) is 2.36. The summed E-state index contributed by atoms with van der Waals surface area (Å²) in [5, 5.41) is 3.60. The van der Waals surface area contributed by atoms with Gasteiger partial charge in [0.25, 0.3) is 0 Å². The molecule has 0 aliphatic heterocycles. The van der Waals surface area contributed by atoms with Gasteiger partial charge in [-0.05, 0) is 43.7 Å². The van der Waals surface area contributed by atoms with Crippen molar-refractivity contribution in [1.82, 2.24) is 5.32 Å². The molecule has 0 bridgehead atoms. The molecule has 0 saturated carbocycles. The topological polar surface area (TPSA) is 12.0 Å². The van der Waals surface area contributed by atoms with Crippen LogP contribution in [0.4, 0.5) is 0 Å². The van der Waals surface area contributed by atoms with Crippen LogP contribution in [0.2, 0.25) is 0 Å². The molecule has 1 nitrogen and oxygen atoms in total. The van der Waals surface area contributed by atoms with Gasteiger partial charge in [0.05, 0.1) is 0 Å². The van der Waals surface area contributed by atoms with E-state index in [0.29, 0.717) is 6.04 Å². The summed E-state index contributed by atoms with van der Waals surface area (Å²) < 4.78 is 0. The second-order valence-electron chi connectivity index (χ2n) is 5.26. The molecule has 17 heavy (non-hydrogen) atoms. The Morgan fingerprint density at radius 1 is 1.12 bits per heavy atom. The lowest BCUT2D eigenvalue weighted by molar-refractivity contribution is 0.397. The average molecular weight is 233 g/mol. The molecule has 0 spiro atoms. The average Bonchev–Trinajstić information content (AvgIpc) is 2.30. The van der Waals surface area contributed by atoms with Crippen molar-refractivity contribution in [2.45, 2.75) is 52.5 Å². The highest BCUT2D eigenvalue weighted by atomic mass is 14.9. The van der Waals surface area contributed by atoms with Crippen molar-refractivity contribution >= 4 is 0 Å². The van der Waals surface area contributed by atoms with Gasteiger partial charge in [0, 0.05) is 6.04 Å². The quantitative estimate of drug-likeness (QED) is 0.714. The molecule has 1 aromatic rings. The predicted molar refractivity (Wildman–Crippen MR) is 76.3 cm³/mol. The maximum absolute atomic E-state index is 3.60. The molecule has 1 aromatic carbocycles. The SMILES string of the molecule is CCNC(CCCc1ccccc1)CC(C)C. The van der Waals surface area contributed by atoms with E-state index in [1.807, 2.05) is 0 Å². The van der Waals surface area contributed by atoms with Gasteiger partial charge < -0.3 is 5.32 Å². The van der Waals surface area contributed by atoms with Gasteiger partial charge >= 0.3 is 0 Å². The first-order valence-corrected chi connectivity index (χ1v) is 6.99. The fraction of sp³-hybridized carbons (Fsp3) is 0.625. The number of benzene rings is 1. The summed E-state index contributed by atoms with van der Waals surface area (Å²) in [6.45, 7) is 7.90. The minimum Gasteiger partial charge on any atom is -0.314 e. The molecule has 1 atom stereocenters. The first-order valence-electron chi connectivity index (χ1n) is 6.99. The number of nitrogens with one attached hydrogen (secondary N) is 1. The second kappa shape index (κ2) is 8.30. The molecule has 0 fully saturated rings. The van der Waals surface area contributed by atoms with Crippen LogP contribution in [-0.2, 0) is 6.42 Å². The Morgan fingerprint density at radius 2 is 1.82 bits per heavy atom. The van der Waals surface area contributed by atoms with Crippen molar-refractivity contribution in [2.24, 2.45) is 5.92 Å². The van der Waals surface area contributed by atoms with E-state index in [4.69, 9.17) is 0 Å². The van der Waals surface area contributed by atoms with Gasteiger partial charge in [-0.3, -0.25) is 0 Å². The van der Waals surface area contributed by atoms with Crippen LogP contribution < -0.4 is 5.32 Å². The number of hydrogen-bond donors (Lipinski definition) is 1. The van der Waals surface area contributed by atoms with Gasteiger partial charge in [0.1, 0.15) is 0 Å². The van der Waals surface area contributed by atoms with Crippen LogP contribution in [0.1, 0.15) is 45.6 Å². The lowest BCUT2D eigenvalue weighted by Crippen LogP contribution is -2.30. The van der Waals surface area contributed by atoms with Crippen molar-refractivity contribution < 1.29 is 0 Å². The van der Waals surface area contributed by atoms with Crippen LogP contribution in [0.5, 0.6) is 0 Å². The number of rotatable bonds is 8. The monoisotopic (exact) mass is 233 g/mol. The van der Waals surface area contributed by atoms with E-state index >= 15 is 0 Å². The Morgan fingerprint density at radius 3 is 2.41 bits per heavy atom. The van der Waals surface area contributed by atoms with Crippen molar-refractivity contribution in [1.29, 1.82) is 0 Å². The van der Waals surface area contributed by atoms with E-state index in [9.17, 15) is 0 Å². The number of aryl methyl sites for hydroxylation is 1. The molecule has 0 aromatic heterocycles. The Labute approximate surface area is 107 Å².